The molecule has 0 saturated heterocycles. The van der Waals surface area contributed by atoms with Gasteiger partial charge in [-0.1, -0.05) is 97.4 Å². The van der Waals surface area contributed by atoms with E-state index >= 15 is 0 Å². The number of esters is 1. The zero-order valence-corrected chi connectivity index (χ0v) is 30.1. The van der Waals surface area contributed by atoms with E-state index in [1.165, 1.54) is 21.7 Å². The van der Waals surface area contributed by atoms with Crippen LogP contribution in [0.4, 0.5) is 0 Å². The molecule has 0 radical (unpaired) electrons. The highest BCUT2D eigenvalue weighted by atomic mass is 16.5. The minimum Gasteiger partial charge on any atom is -0.460 e. The Balaban J connectivity index is 1.37. The molecule has 0 spiro atoms. The van der Waals surface area contributed by atoms with Crippen LogP contribution >= 0.6 is 0 Å². The van der Waals surface area contributed by atoms with Crippen molar-refractivity contribution >= 4 is 49.9 Å². The third-order valence-electron chi connectivity index (χ3n) is 10.1. The van der Waals surface area contributed by atoms with Gasteiger partial charge in [-0.15, -0.1) is 0 Å². The summed E-state index contributed by atoms with van der Waals surface area (Å²) in [6, 6.07) is 40.3. The van der Waals surface area contributed by atoms with Crippen molar-refractivity contribution in [3.8, 4) is 22.4 Å². The molecular formula is C48H41N2O2+. The van der Waals surface area contributed by atoms with Gasteiger partial charge in [0.2, 0.25) is 5.52 Å². The summed E-state index contributed by atoms with van der Waals surface area (Å²) in [5.41, 5.74) is 10.7. The minimum atomic E-state index is -0.450. The highest BCUT2D eigenvalue weighted by Crippen LogP contribution is 2.43. The fourth-order valence-electron chi connectivity index (χ4n) is 7.48. The first-order valence-corrected chi connectivity index (χ1v) is 18.1. The van der Waals surface area contributed by atoms with Gasteiger partial charge in [0.25, 0.3) is 0 Å². The zero-order valence-electron chi connectivity index (χ0n) is 30.1. The van der Waals surface area contributed by atoms with Gasteiger partial charge in [0.05, 0.1) is 22.6 Å². The topological polar surface area (TPSA) is 43.3 Å². The molecular weight excluding hydrogens is 637 g/mol. The van der Waals surface area contributed by atoms with E-state index in [0.717, 1.165) is 72.7 Å². The van der Waals surface area contributed by atoms with Gasteiger partial charge in [0, 0.05) is 40.2 Å². The van der Waals surface area contributed by atoms with Crippen molar-refractivity contribution in [2.45, 2.75) is 46.6 Å². The maximum Gasteiger partial charge on any atom is 0.313 e. The molecule has 4 nitrogen and oxygen atoms in total. The number of hydrogen-bond acceptors (Lipinski definition) is 3. The Kier molecular flexibility index (Phi) is 8.82. The maximum absolute atomic E-state index is 13.5. The number of carbonyl (C=O) groups is 1. The largest absolute Gasteiger partial charge is 0.460 e. The van der Waals surface area contributed by atoms with Crippen LogP contribution < -0.4 is 4.40 Å². The van der Waals surface area contributed by atoms with Crippen LogP contribution in [0.3, 0.4) is 0 Å². The van der Waals surface area contributed by atoms with E-state index in [4.69, 9.17) is 9.72 Å². The lowest BCUT2D eigenvalue weighted by atomic mass is 9.86. The molecule has 5 aromatic carbocycles. The monoisotopic (exact) mass is 677 g/mol. The predicted octanol–water partition coefficient (Wildman–Crippen LogP) is 11.5. The van der Waals surface area contributed by atoms with Crippen LogP contribution in [-0.2, 0) is 16.1 Å². The summed E-state index contributed by atoms with van der Waals surface area (Å²) < 4.78 is 8.02. The van der Waals surface area contributed by atoms with Crippen molar-refractivity contribution in [1.82, 2.24) is 4.98 Å². The highest BCUT2D eigenvalue weighted by Gasteiger charge is 2.24. The van der Waals surface area contributed by atoms with Gasteiger partial charge in [-0.25, -0.2) is 0 Å². The molecule has 4 heteroatoms. The number of pyridine rings is 3. The van der Waals surface area contributed by atoms with E-state index in [9.17, 15) is 4.79 Å². The molecule has 1 atom stereocenters. The smallest absolute Gasteiger partial charge is 0.313 e. The summed E-state index contributed by atoms with van der Waals surface area (Å²) in [6.07, 6.45) is 11.7. The molecule has 0 saturated carbocycles. The Hall–Kier alpha value is -6.13. The van der Waals surface area contributed by atoms with Gasteiger partial charge in [-0.2, -0.15) is 4.40 Å². The summed E-state index contributed by atoms with van der Waals surface area (Å²) in [6.45, 7) is 8.64. The lowest BCUT2D eigenvalue weighted by Gasteiger charge is -2.18. The molecule has 0 N–H and O–H groups in total. The molecule has 0 amide bonds. The van der Waals surface area contributed by atoms with E-state index in [0.29, 0.717) is 0 Å². The molecule has 0 aliphatic carbocycles. The van der Waals surface area contributed by atoms with Crippen LogP contribution in [0.25, 0.3) is 66.3 Å². The number of ether oxygens (including phenoxy) is 1. The number of nitrogens with zero attached hydrogens (tertiary/aromatic N) is 2. The van der Waals surface area contributed by atoms with E-state index in [1.807, 2.05) is 43.5 Å². The van der Waals surface area contributed by atoms with Crippen molar-refractivity contribution in [1.29, 1.82) is 0 Å². The second kappa shape index (κ2) is 13.9. The normalized spacial score (nSPS) is 12.3. The first kappa shape index (κ1) is 33.0. The molecule has 0 bridgehead atoms. The number of fused-ring (bicyclic) bond motifs is 6. The van der Waals surface area contributed by atoms with Gasteiger partial charge in [-0.05, 0) is 95.9 Å². The van der Waals surface area contributed by atoms with Crippen molar-refractivity contribution in [3.05, 3.63) is 168 Å². The van der Waals surface area contributed by atoms with Crippen LogP contribution in [-0.4, -0.2) is 11.0 Å². The summed E-state index contributed by atoms with van der Waals surface area (Å²) in [4.78, 5) is 18.6. The molecule has 0 aliphatic rings. The molecule has 8 aromatic rings. The Bertz CT molecular complexity index is 2680. The summed E-state index contributed by atoms with van der Waals surface area (Å²) in [5, 5.41) is 6.92. The minimum absolute atomic E-state index is 0.245. The van der Waals surface area contributed by atoms with Crippen molar-refractivity contribution in [2.24, 2.45) is 0 Å². The van der Waals surface area contributed by atoms with Crippen molar-refractivity contribution < 1.29 is 13.9 Å². The molecule has 8 rings (SSSR count). The van der Waals surface area contributed by atoms with Crippen molar-refractivity contribution in [3.63, 3.8) is 0 Å². The first-order chi connectivity index (χ1) is 25.4. The number of rotatable bonds is 8. The number of aryl methyl sites for hydroxylation is 2. The average Bonchev–Trinajstić information content (AvgIpc) is 3.18. The lowest BCUT2D eigenvalue weighted by Crippen LogP contribution is -2.21. The van der Waals surface area contributed by atoms with E-state index < -0.39 is 5.92 Å². The van der Waals surface area contributed by atoms with E-state index in [2.05, 4.69) is 135 Å². The average molecular weight is 678 g/mol. The van der Waals surface area contributed by atoms with Gasteiger partial charge >= 0.3 is 5.97 Å². The van der Waals surface area contributed by atoms with Crippen LogP contribution in [0, 0.1) is 13.8 Å². The molecule has 3 aromatic heterocycles. The van der Waals surface area contributed by atoms with Crippen LogP contribution in [0.1, 0.15) is 54.0 Å². The van der Waals surface area contributed by atoms with Crippen molar-refractivity contribution in [2.75, 3.05) is 0 Å². The Morgan fingerprint density at radius 3 is 2.42 bits per heavy atom. The summed E-state index contributed by atoms with van der Waals surface area (Å²) in [7, 11) is 0. The second-order valence-corrected chi connectivity index (χ2v) is 13.8. The fourth-order valence-corrected chi connectivity index (χ4v) is 7.48. The van der Waals surface area contributed by atoms with E-state index in [1.54, 1.807) is 0 Å². The zero-order chi connectivity index (χ0) is 35.8. The Morgan fingerprint density at radius 2 is 1.58 bits per heavy atom. The lowest BCUT2D eigenvalue weighted by molar-refractivity contribution is -0.510. The number of allylic oxidation sites excluding steroid dienone is 1. The molecule has 1 unspecified atom stereocenters. The van der Waals surface area contributed by atoms with Crippen LogP contribution in [0.5, 0.6) is 0 Å². The van der Waals surface area contributed by atoms with Gasteiger partial charge in [-0.3, -0.25) is 9.78 Å². The molecule has 3 heterocycles. The molecule has 52 heavy (non-hydrogen) atoms. The summed E-state index contributed by atoms with van der Waals surface area (Å²) in [5.74, 6) is -0.696. The Labute approximate surface area is 304 Å². The van der Waals surface area contributed by atoms with Gasteiger partial charge < -0.3 is 4.74 Å². The van der Waals surface area contributed by atoms with Crippen LogP contribution in [0.2, 0.25) is 0 Å². The number of benzene rings is 5. The SMILES string of the molecule is CC/C=C\c1cc(C)cc(-c2nccc3c2ccc2cc(C)ccc23)c1-c1c[n+]2ccccc2c2ccc(C(C)C(=O)OCc3ccccc3)cc12. The number of aromatic nitrogens is 2. The highest BCUT2D eigenvalue weighted by molar-refractivity contribution is 6.14. The maximum atomic E-state index is 13.5. The predicted molar refractivity (Wildman–Crippen MR) is 214 cm³/mol. The quantitative estimate of drug-likeness (QED) is 0.0913. The third-order valence-corrected chi connectivity index (χ3v) is 10.1. The molecule has 0 aliphatic heterocycles. The third kappa shape index (κ3) is 6.11. The molecule has 0 fully saturated rings. The first-order valence-electron chi connectivity index (χ1n) is 18.1. The van der Waals surface area contributed by atoms with E-state index in [-0.39, 0.29) is 12.6 Å². The molecule has 254 valence electrons. The van der Waals surface area contributed by atoms with Gasteiger partial charge in [0.15, 0.2) is 12.4 Å². The van der Waals surface area contributed by atoms with Crippen LogP contribution in [0.15, 0.2) is 140 Å². The standard InChI is InChI=1S/C48H41N2O2/c1-5-6-14-37-26-32(3)27-43(47-41-21-18-36-25-31(2)16-19-38(36)39(41)22-23-49-47)46(37)44-29-50-24-11-10-15-45(50)40-20-17-35(28-42(40)44)33(4)48(51)52-30-34-12-8-7-9-13-34/h6-29,33H,5,30H2,1-4H3/q+1/b14-6-. The second-order valence-electron chi connectivity index (χ2n) is 13.8. The van der Waals surface area contributed by atoms with Gasteiger partial charge in [0.1, 0.15) is 6.61 Å². The summed E-state index contributed by atoms with van der Waals surface area (Å²) >= 11 is 0. The number of hydrogen-bond donors (Lipinski definition) is 0. The number of carbonyl (C=O) groups excluding carboxylic acids is 1. The fraction of sp³-hybridized carbons (Fsp3) is 0.146. The Morgan fingerprint density at radius 1 is 0.769 bits per heavy atom.